The highest BCUT2D eigenvalue weighted by Gasteiger charge is 2.22. The summed E-state index contributed by atoms with van der Waals surface area (Å²) < 4.78 is 5.32. The van der Waals surface area contributed by atoms with E-state index in [0.717, 1.165) is 64.1 Å². The summed E-state index contributed by atoms with van der Waals surface area (Å²) in [6.07, 6.45) is 7.23. The van der Waals surface area contributed by atoms with Crippen LogP contribution in [0.15, 0.2) is 4.99 Å². The highest BCUT2D eigenvalue weighted by atomic mass is 16.6. The molecule has 1 saturated heterocycles. The average molecular weight is 397 g/mol. The third-order valence-electron chi connectivity index (χ3n) is 4.89. The van der Waals surface area contributed by atoms with Crippen molar-refractivity contribution < 1.29 is 14.3 Å². The topological polar surface area (TPSA) is 83.0 Å². The van der Waals surface area contributed by atoms with Crippen LogP contribution >= 0.6 is 0 Å². The third-order valence-corrected chi connectivity index (χ3v) is 4.89. The molecule has 1 aliphatic heterocycles. The molecule has 0 unspecified atom stereocenters. The number of hydrogen-bond acceptors (Lipinski definition) is 4. The van der Waals surface area contributed by atoms with E-state index in [4.69, 9.17) is 4.74 Å². The van der Waals surface area contributed by atoms with Crippen LogP contribution in [0.3, 0.4) is 0 Å². The number of carbonyl (C=O) groups is 2. The zero-order valence-electron chi connectivity index (χ0n) is 18.5. The number of rotatable bonds is 9. The van der Waals surface area contributed by atoms with Crippen LogP contribution in [0.25, 0.3) is 0 Å². The maximum Gasteiger partial charge on any atom is 0.306 e. The van der Waals surface area contributed by atoms with Gasteiger partial charge in [-0.25, -0.2) is 0 Å². The number of esters is 1. The Morgan fingerprint density at radius 3 is 2.32 bits per heavy atom. The minimum Gasteiger partial charge on any atom is -0.460 e. The Bertz CT molecular complexity index is 506. The Morgan fingerprint density at radius 1 is 1.11 bits per heavy atom. The number of piperidine rings is 1. The van der Waals surface area contributed by atoms with Crippen molar-refractivity contribution in [3.8, 4) is 0 Å². The summed E-state index contributed by atoms with van der Waals surface area (Å²) in [5.74, 6) is 1.45. The fourth-order valence-electron chi connectivity index (χ4n) is 3.39. The van der Waals surface area contributed by atoms with E-state index in [9.17, 15) is 9.59 Å². The predicted octanol–water partition coefficient (Wildman–Crippen LogP) is 2.70. The minimum absolute atomic E-state index is 0.106. The molecule has 0 aromatic heterocycles. The fraction of sp³-hybridized carbons (Fsp3) is 0.857. The summed E-state index contributed by atoms with van der Waals surface area (Å²) in [6.45, 7) is 8.46. The molecule has 7 nitrogen and oxygen atoms in total. The second kappa shape index (κ2) is 12.6. The molecule has 1 fully saturated rings. The van der Waals surface area contributed by atoms with Gasteiger partial charge in [0.25, 0.3) is 0 Å². The number of hydrogen-bond donors (Lipinski definition) is 2. The average Bonchev–Trinajstić information content (AvgIpc) is 2.63. The number of nitrogens with zero attached hydrogens (tertiary/aromatic N) is 2. The van der Waals surface area contributed by atoms with Crippen molar-refractivity contribution in [2.24, 2.45) is 10.9 Å². The molecule has 1 amide bonds. The second-order valence-electron chi connectivity index (χ2n) is 8.53. The van der Waals surface area contributed by atoms with Gasteiger partial charge in [-0.05, 0) is 52.4 Å². The van der Waals surface area contributed by atoms with E-state index in [1.54, 1.807) is 7.05 Å². The number of amides is 1. The van der Waals surface area contributed by atoms with Crippen LogP contribution in [0.5, 0.6) is 0 Å². The Kier molecular flexibility index (Phi) is 10.9. The van der Waals surface area contributed by atoms with Gasteiger partial charge in [-0.15, -0.1) is 0 Å². The van der Waals surface area contributed by atoms with E-state index >= 15 is 0 Å². The Morgan fingerprint density at radius 2 is 1.75 bits per heavy atom. The Labute approximate surface area is 170 Å². The van der Waals surface area contributed by atoms with E-state index in [1.807, 2.05) is 27.8 Å². The number of likely N-dealkylation sites (tertiary alicyclic amines) is 1. The van der Waals surface area contributed by atoms with Gasteiger partial charge in [0.2, 0.25) is 5.91 Å². The van der Waals surface area contributed by atoms with Gasteiger partial charge in [-0.2, -0.15) is 0 Å². The Balaban J connectivity index is 2.13. The summed E-state index contributed by atoms with van der Waals surface area (Å²) in [6, 6.07) is 0. The quantitative estimate of drug-likeness (QED) is 0.271. The molecule has 1 heterocycles. The van der Waals surface area contributed by atoms with Gasteiger partial charge in [-0.3, -0.25) is 14.6 Å². The summed E-state index contributed by atoms with van der Waals surface area (Å²) in [5, 5.41) is 6.15. The number of nitrogens with one attached hydrogen (secondary N) is 2. The summed E-state index contributed by atoms with van der Waals surface area (Å²) in [4.78, 5) is 29.9. The van der Waals surface area contributed by atoms with Crippen LogP contribution in [0.4, 0.5) is 0 Å². The van der Waals surface area contributed by atoms with Crippen molar-refractivity contribution in [2.75, 3.05) is 33.7 Å². The molecule has 1 rings (SSSR count). The number of unbranched alkanes of at least 4 members (excludes halogenated alkanes) is 3. The van der Waals surface area contributed by atoms with Gasteiger partial charge in [-0.1, -0.05) is 12.8 Å². The van der Waals surface area contributed by atoms with Gasteiger partial charge < -0.3 is 20.3 Å². The lowest BCUT2D eigenvalue weighted by Gasteiger charge is -2.34. The molecule has 0 aromatic rings. The van der Waals surface area contributed by atoms with Gasteiger partial charge in [0.05, 0.1) is 0 Å². The van der Waals surface area contributed by atoms with E-state index in [0.29, 0.717) is 18.8 Å². The van der Waals surface area contributed by atoms with Crippen LogP contribution in [-0.2, 0) is 14.3 Å². The summed E-state index contributed by atoms with van der Waals surface area (Å²) in [7, 11) is 3.51. The molecule has 0 aliphatic carbocycles. The molecule has 162 valence electrons. The molecule has 2 N–H and O–H groups in total. The lowest BCUT2D eigenvalue weighted by atomic mass is 9.93. The smallest absolute Gasteiger partial charge is 0.306 e. The van der Waals surface area contributed by atoms with Crippen LogP contribution in [-0.4, -0.2) is 62.1 Å². The lowest BCUT2D eigenvalue weighted by molar-refractivity contribution is -0.154. The van der Waals surface area contributed by atoms with Crippen molar-refractivity contribution >= 4 is 17.8 Å². The molecule has 1 aliphatic rings. The van der Waals surface area contributed by atoms with Crippen LogP contribution < -0.4 is 10.6 Å². The molecule has 0 aromatic carbocycles. The Hall–Kier alpha value is -1.79. The number of carbonyl (C=O) groups excluding carboxylic acids is 2. The van der Waals surface area contributed by atoms with E-state index in [-0.39, 0.29) is 11.9 Å². The molecular formula is C21H40N4O3. The largest absolute Gasteiger partial charge is 0.460 e. The van der Waals surface area contributed by atoms with Crippen molar-refractivity contribution in [3.05, 3.63) is 0 Å². The number of guanidine groups is 1. The first-order chi connectivity index (χ1) is 13.2. The fourth-order valence-corrected chi connectivity index (χ4v) is 3.39. The molecular weight excluding hydrogens is 356 g/mol. The molecule has 0 saturated carbocycles. The zero-order valence-corrected chi connectivity index (χ0v) is 18.5. The third kappa shape index (κ3) is 10.5. The lowest BCUT2D eigenvalue weighted by Crippen LogP contribution is -2.46. The normalized spacial score (nSPS) is 16.0. The molecule has 0 atom stereocenters. The van der Waals surface area contributed by atoms with Crippen molar-refractivity contribution in [1.82, 2.24) is 15.5 Å². The highest BCUT2D eigenvalue weighted by molar-refractivity contribution is 5.80. The van der Waals surface area contributed by atoms with Crippen LogP contribution in [0.2, 0.25) is 0 Å². The first-order valence-corrected chi connectivity index (χ1v) is 10.6. The standard InChI is InChI=1S/C21H40N4O3/c1-21(2,3)28-19(27)10-8-6-7-9-13-24-20(23-5)25-14-11-17(12-15-25)16-18(26)22-4/h17H,6-16H2,1-5H3,(H,22,26)(H,23,24). The summed E-state index contributed by atoms with van der Waals surface area (Å²) >= 11 is 0. The van der Waals surface area contributed by atoms with E-state index in [2.05, 4.69) is 20.5 Å². The first-order valence-electron chi connectivity index (χ1n) is 10.6. The van der Waals surface area contributed by atoms with E-state index < -0.39 is 5.60 Å². The minimum atomic E-state index is -0.395. The van der Waals surface area contributed by atoms with Crippen molar-refractivity contribution in [3.63, 3.8) is 0 Å². The number of aliphatic imine (C=N–C) groups is 1. The second-order valence-corrected chi connectivity index (χ2v) is 8.53. The van der Waals surface area contributed by atoms with Crippen LogP contribution in [0, 0.1) is 5.92 Å². The highest BCUT2D eigenvalue weighted by Crippen LogP contribution is 2.20. The molecule has 28 heavy (non-hydrogen) atoms. The van der Waals surface area contributed by atoms with Crippen molar-refractivity contribution in [2.45, 2.75) is 77.7 Å². The van der Waals surface area contributed by atoms with Crippen molar-refractivity contribution in [1.29, 1.82) is 0 Å². The van der Waals surface area contributed by atoms with Gasteiger partial charge in [0.1, 0.15) is 5.60 Å². The monoisotopic (exact) mass is 396 g/mol. The van der Waals surface area contributed by atoms with E-state index in [1.165, 1.54) is 0 Å². The molecule has 7 heteroatoms. The van der Waals surface area contributed by atoms with Gasteiger partial charge >= 0.3 is 5.97 Å². The zero-order chi connectivity index (χ0) is 21.0. The van der Waals surface area contributed by atoms with Gasteiger partial charge in [0.15, 0.2) is 5.96 Å². The SMILES string of the molecule is CN=C(NCCCCCCC(=O)OC(C)(C)C)N1CCC(CC(=O)NC)CC1. The number of ether oxygens (including phenoxy) is 1. The van der Waals surface area contributed by atoms with Gasteiger partial charge in [0, 0.05) is 46.6 Å². The maximum absolute atomic E-state index is 11.7. The summed E-state index contributed by atoms with van der Waals surface area (Å²) in [5.41, 5.74) is -0.395. The molecule has 0 spiro atoms. The predicted molar refractivity (Wildman–Crippen MR) is 113 cm³/mol. The maximum atomic E-state index is 11.7. The molecule has 0 bridgehead atoms. The first kappa shape index (κ1) is 24.2. The van der Waals surface area contributed by atoms with Crippen LogP contribution in [0.1, 0.15) is 72.1 Å². The molecule has 0 radical (unpaired) electrons.